The number of rotatable bonds is 3. The molecule has 2 heterocycles. The van der Waals surface area contributed by atoms with E-state index in [9.17, 15) is 18.8 Å². The minimum atomic E-state index is -1.06. The Labute approximate surface area is 106 Å². The van der Waals surface area contributed by atoms with Gasteiger partial charge in [0.25, 0.3) is 11.5 Å². The summed E-state index contributed by atoms with van der Waals surface area (Å²) in [6.07, 6.45) is 0.740. The zero-order valence-corrected chi connectivity index (χ0v) is 9.89. The molecule has 1 saturated heterocycles. The maximum absolute atomic E-state index is 13.1. The van der Waals surface area contributed by atoms with E-state index < -0.39 is 35.2 Å². The van der Waals surface area contributed by atoms with Crippen molar-refractivity contribution in [1.82, 2.24) is 15.0 Å². The third-order valence-corrected chi connectivity index (χ3v) is 2.91. The first-order valence-corrected chi connectivity index (χ1v) is 5.66. The van der Waals surface area contributed by atoms with Gasteiger partial charge in [0.2, 0.25) is 5.82 Å². The second-order valence-corrected chi connectivity index (χ2v) is 4.22. The lowest BCUT2D eigenvalue weighted by Gasteiger charge is -2.13. The van der Waals surface area contributed by atoms with Crippen LogP contribution in [-0.2, 0) is 16.1 Å². The van der Waals surface area contributed by atoms with Crippen LogP contribution in [0.25, 0.3) is 0 Å². The summed E-state index contributed by atoms with van der Waals surface area (Å²) in [5.74, 6) is 3.50. The van der Waals surface area contributed by atoms with Gasteiger partial charge in [0.05, 0.1) is 18.8 Å². The first kappa shape index (κ1) is 13.4. The van der Waals surface area contributed by atoms with Crippen molar-refractivity contribution < 1.29 is 13.9 Å². The van der Waals surface area contributed by atoms with Gasteiger partial charge in [0.15, 0.2) is 0 Å². The van der Waals surface area contributed by atoms with Gasteiger partial charge in [-0.3, -0.25) is 24.6 Å². The van der Waals surface area contributed by atoms with Gasteiger partial charge in [-0.2, -0.15) is 4.39 Å². The van der Waals surface area contributed by atoms with Gasteiger partial charge in [-0.1, -0.05) is 0 Å². The summed E-state index contributed by atoms with van der Waals surface area (Å²) < 4.78 is 19.4. The Morgan fingerprint density at radius 3 is 3.00 bits per heavy atom. The molecule has 1 aromatic heterocycles. The van der Waals surface area contributed by atoms with Crippen molar-refractivity contribution in [2.45, 2.75) is 31.6 Å². The Morgan fingerprint density at radius 1 is 1.58 bits per heavy atom. The van der Waals surface area contributed by atoms with Crippen LogP contribution in [0.3, 0.4) is 0 Å². The molecule has 9 heteroatoms. The van der Waals surface area contributed by atoms with Gasteiger partial charge in [0.1, 0.15) is 6.10 Å². The van der Waals surface area contributed by atoms with Crippen molar-refractivity contribution in [3.05, 3.63) is 32.9 Å². The highest BCUT2D eigenvalue weighted by Gasteiger charge is 2.30. The molecule has 1 aliphatic rings. The van der Waals surface area contributed by atoms with Crippen molar-refractivity contribution >= 4 is 5.91 Å². The predicted octanol–water partition coefficient (Wildman–Crippen LogP) is -1.79. The fraction of sp³-hybridized carbons (Fsp3) is 0.500. The van der Waals surface area contributed by atoms with E-state index in [0.717, 1.165) is 10.8 Å². The topological polar surface area (TPSA) is 119 Å². The molecule has 2 atom stereocenters. The molecule has 0 saturated carbocycles. The second kappa shape index (κ2) is 5.33. The number of aromatic nitrogens is 2. The summed E-state index contributed by atoms with van der Waals surface area (Å²) >= 11 is 0. The van der Waals surface area contributed by atoms with Crippen LogP contribution in [0.15, 0.2) is 15.8 Å². The van der Waals surface area contributed by atoms with E-state index >= 15 is 0 Å². The van der Waals surface area contributed by atoms with E-state index in [1.54, 1.807) is 0 Å². The van der Waals surface area contributed by atoms with E-state index in [0.29, 0.717) is 12.8 Å². The lowest BCUT2D eigenvalue weighted by atomic mass is 10.2. The lowest BCUT2D eigenvalue weighted by molar-refractivity contribution is -0.132. The number of amides is 1. The van der Waals surface area contributed by atoms with Crippen LogP contribution in [0.5, 0.6) is 0 Å². The van der Waals surface area contributed by atoms with E-state index in [4.69, 9.17) is 10.6 Å². The molecule has 0 spiro atoms. The molecule has 1 fully saturated rings. The Kier molecular flexibility index (Phi) is 3.76. The van der Waals surface area contributed by atoms with Crippen LogP contribution in [0.4, 0.5) is 4.39 Å². The highest BCUT2D eigenvalue weighted by atomic mass is 19.1. The molecule has 8 nitrogen and oxygen atoms in total. The number of aromatic amines is 1. The van der Waals surface area contributed by atoms with Gasteiger partial charge in [-0.05, 0) is 12.8 Å². The normalized spacial score (nSPS) is 22.4. The number of hydrogen-bond acceptors (Lipinski definition) is 5. The Morgan fingerprint density at radius 2 is 2.32 bits per heavy atom. The number of ether oxygens (including phenoxy) is 1. The molecule has 2 unspecified atom stereocenters. The predicted molar refractivity (Wildman–Crippen MR) is 61.5 cm³/mol. The molecule has 0 bridgehead atoms. The van der Waals surface area contributed by atoms with Crippen LogP contribution in [-0.4, -0.2) is 27.7 Å². The van der Waals surface area contributed by atoms with Gasteiger partial charge < -0.3 is 4.74 Å². The van der Waals surface area contributed by atoms with Gasteiger partial charge in [0, 0.05) is 0 Å². The average Bonchev–Trinajstić information content (AvgIpc) is 2.83. The molecule has 104 valence electrons. The number of hydrazine groups is 1. The molecule has 1 aromatic rings. The number of carbonyl (C=O) groups excluding carboxylic acids is 1. The van der Waals surface area contributed by atoms with Crippen molar-refractivity contribution in [2.75, 3.05) is 0 Å². The van der Waals surface area contributed by atoms with Crippen molar-refractivity contribution in [2.24, 2.45) is 5.84 Å². The maximum Gasteiger partial charge on any atom is 0.328 e. The summed E-state index contributed by atoms with van der Waals surface area (Å²) in [7, 11) is 0. The quantitative estimate of drug-likeness (QED) is 0.341. The molecular weight excluding hydrogens is 259 g/mol. The number of H-pyrrole nitrogens is 1. The number of hydrogen-bond donors (Lipinski definition) is 3. The van der Waals surface area contributed by atoms with E-state index in [-0.39, 0.29) is 6.54 Å². The fourth-order valence-electron chi connectivity index (χ4n) is 1.96. The smallest absolute Gasteiger partial charge is 0.328 e. The summed E-state index contributed by atoms with van der Waals surface area (Å²) in [6.45, 7) is 0.0564. The number of nitrogens with zero attached hydrogens (tertiary/aromatic N) is 1. The maximum atomic E-state index is 13.1. The first-order valence-electron chi connectivity index (χ1n) is 5.66. The lowest BCUT2D eigenvalue weighted by Crippen LogP contribution is -2.39. The zero-order valence-electron chi connectivity index (χ0n) is 9.89. The number of nitrogens with one attached hydrogen (secondary N) is 2. The molecule has 0 aliphatic carbocycles. The molecule has 1 aliphatic heterocycles. The van der Waals surface area contributed by atoms with E-state index in [1.165, 1.54) is 0 Å². The standard InChI is InChI=1S/C10H13FN4O4/c11-6-4-15(10(18)13-8(6)16)3-5-1-2-7(19-5)9(17)14-12/h4-5,7H,1-3,12H2,(H,14,17)(H,13,16,18). The first-order chi connectivity index (χ1) is 9.01. The van der Waals surface area contributed by atoms with Crippen molar-refractivity contribution in [1.29, 1.82) is 0 Å². The van der Waals surface area contributed by atoms with Crippen LogP contribution in [0.2, 0.25) is 0 Å². The Bertz CT molecular complexity index is 596. The monoisotopic (exact) mass is 272 g/mol. The van der Waals surface area contributed by atoms with E-state index in [2.05, 4.69) is 0 Å². The molecule has 4 N–H and O–H groups in total. The number of nitrogens with two attached hydrogens (primary N) is 1. The molecule has 2 rings (SSSR count). The van der Waals surface area contributed by atoms with E-state index in [1.807, 2.05) is 10.4 Å². The van der Waals surface area contributed by atoms with Gasteiger partial charge in [-0.25, -0.2) is 10.6 Å². The van der Waals surface area contributed by atoms with Crippen molar-refractivity contribution in [3.63, 3.8) is 0 Å². The van der Waals surface area contributed by atoms with Gasteiger partial charge >= 0.3 is 5.69 Å². The van der Waals surface area contributed by atoms with Crippen LogP contribution >= 0.6 is 0 Å². The van der Waals surface area contributed by atoms with Crippen LogP contribution in [0.1, 0.15) is 12.8 Å². The van der Waals surface area contributed by atoms with Gasteiger partial charge in [-0.15, -0.1) is 0 Å². The Balaban J connectivity index is 2.07. The fourth-order valence-corrected chi connectivity index (χ4v) is 1.96. The molecule has 1 amide bonds. The molecule has 19 heavy (non-hydrogen) atoms. The third kappa shape index (κ3) is 2.88. The van der Waals surface area contributed by atoms with Crippen LogP contribution in [0, 0.1) is 5.82 Å². The Hall–Kier alpha value is -2.00. The van der Waals surface area contributed by atoms with Crippen LogP contribution < -0.4 is 22.5 Å². The third-order valence-electron chi connectivity index (χ3n) is 2.91. The summed E-state index contributed by atoms with van der Waals surface area (Å²) in [5, 5.41) is 0. The summed E-state index contributed by atoms with van der Waals surface area (Å²) in [4.78, 5) is 35.4. The molecule has 0 aromatic carbocycles. The highest BCUT2D eigenvalue weighted by Crippen LogP contribution is 2.20. The summed E-state index contributed by atoms with van der Waals surface area (Å²) in [6, 6.07) is 0. The SMILES string of the molecule is NNC(=O)C1CCC(Cn2cc(F)c(=O)[nH]c2=O)O1. The highest BCUT2D eigenvalue weighted by molar-refractivity contribution is 5.80. The summed E-state index contributed by atoms with van der Waals surface area (Å²) in [5.41, 5.74) is 0.198. The number of carbonyl (C=O) groups is 1. The van der Waals surface area contributed by atoms with Crippen molar-refractivity contribution in [3.8, 4) is 0 Å². The minimum Gasteiger partial charge on any atom is -0.363 e. The number of halogens is 1. The molecular formula is C10H13FN4O4. The zero-order chi connectivity index (χ0) is 14.0. The molecule has 0 radical (unpaired) electrons. The minimum absolute atomic E-state index is 0.0564. The second-order valence-electron chi connectivity index (χ2n) is 4.22. The largest absolute Gasteiger partial charge is 0.363 e. The average molecular weight is 272 g/mol.